The smallest absolute Gasteiger partial charge is 0.123 e. The van der Waals surface area contributed by atoms with E-state index in [0.29, 0.717) is 6.04 Å². The quantitative estimate of drug-likeness (QED) is 0.851. The summed E-state index contributed by atoms with van der Waals surface area (Å²) in [6.07, 6.45) is 2.71. The zero-order valence-corrected chi connectivity index (χ0v) is 10.00. The number of hydrogen-bond donors (Lipinski definition) is 2. The molecule has 90 valence electrons. The third-order valence-corrected chi connectivity index (χ3v) is 2.87. The minimum Gasteiger partial charge on any atom is -0.317 e. The normalized spacial score (nSPS) is 12.6. The van der Waals surface area contributed by atoms with Crippen LogP contribution in [-0.2, 0) is 6.42 Å². The second kappa shape index (κ2) is 5.10. The van der Waals surface area contributed by atoms with Gasteiger partial charge in [-0.15, -0.1) is 0 Å². The van der Waals surface area contributed by atoms with Crippen molar-refractivity contribution in [2.45, 2.75) is 19.4 Å². The number of aromatic amines is 1. The van der Waals surface area contributed by atoms with Crippen LogP contribution in [0.4, 0.5) is 4.39 Å². The summed E-state index contributed by atoms with van der Waals surface area (Å²) in [7, 11) is 1.93. The maximum atomic E-state index is 12.9. The van der Waals surface area contributed by atoms with Gasteiger partial charge in [0.2, 0.25) is 0 Å². The molecule has 0 aliphatic heterocycles. The van der Waals surface area contributed by atoms with Crippen molar-refractivity contribution in [2.75, 3.05) is 7.05 Å². The van der Waals surface area contributed by atoms with Crippen LogP contribution in [-0.4, -0.2) is 23.3 Å². The molecular formula is C13H16FN3. The molecule has 1 heterocycles. The summed E-state index contributed by atoms with van der Waals surface area (Å²) in [4.78, 5) is 0. The van der Waals surface area contributed by atoms with Crippen LogP contribution in [0.1, 0.15) is 12.5 Å². The highest BCUT2D eigenvalue weighted by Gasteiger charge is 2.10. The lowest BCUT2D eigenvalue weighted by atomic mass is 10.0. The van der Waals surface area contributed by atoms with Crippen LogP contribution in [0.25, 0.3) is 11.3 Å². The summed E-state index contributed by atoms with van der Waals surface area (Å²) in [6, 6.07) is 6.82. The molecule has 0 spiro atoms. The largest absolute Gasteiger partial charge is 0.317 e. The topological polar surface area (TPSA) is 40.7 Å². The number of rotatable bonds is 4. The van der Waals surface area contributed by atoms with Crippen molar-refractivity contribution in [3.8, 4) is 11.3 Å². The van der Waals surface area contributed by atoms with E-state index in [0.717, 1.165) is 23.2 Å². The summed E-state index contributed by atoms with van der Waals surface area (Å²) in [6.45, 7) is 2.11. The predicted octanol–water partition coefficient (Wildman–Crippen LogP) is 2.37. The summed E-state index contributed by atoms with van der Waals surface area (Å²) < 4.78 is 12.9. The Labute approximate surface area is 100 Å². The summed E-state index contributed by atoms with van der Waals surface area (Å²) in [5.41, 5.74) is 3.06. The summed E-state index contributed by atoms with van der Waals surface area (Å²) in [5.74, 6) is -0.224. The zero-order chi connectivity index (χ0) is 12.3. The number of benzene rings is 1. The van der Waals surface area contributed by atoms with Gasteiger partial charge in [0.25, 0.3) is 0 Å². The second-order valence-electron chi connectivity index (χ2n) is 4.17. The number of nitrogens with one attached hydrogen (secondary N) is 2. The van der Waals surface area contributed by atoms with Gasteiger partial charge in [-0.1, -0.05) is 0 Å². The molecule has 4 heteroatoms. The molecule has 0 bridgehead atoms. The minimum absolute atomic E-state index is 0.224. The highest BCUT2D eigenvalue weighted by Crippen LogP contribution is 2.22. The molecule has 1 unspecified atom stereocenters. The van der Waals surface area contributed by atoms with Crippen molar-refractivity contribution in [1.29, 1.82) is 0 Å². The molecule has 0 saturated carbocycles. The average molecular weight is 233 g/mol. The molecule has 0 radical (unpaired) electrons. The van der Waals surface area contributed by atoms with Crippen LogP contribution in [0.5, 0.6) is 0 Å². The fourth-order valence-corrected chi connectivity index (χ4v) is 1.76. The maximum absolute atomic E-state index is 12.9. The summed E-state index contributed by atoms with van der Waals surface area (Å²) in [5, 5.41) is 10.2. The highest BCUT2D eigenvalue weighted by atomic mass is 19.1. The van der Waals surface area contributed by atoms with Gasteiger partial charge in [-0.2, -0.15) is 5.10 Å². The molecule has 17 heavy (non-hydrogen) atoms. The van der Waals surface area contributed by atoms with E-state index >= 15 is 0 Å². The van der Waals surface area contributed by atoms with Gasteiger partial charge < -0.3 is 5.32 Å². The minimum atomic E-state index is -0.224. The molecule has 2 N–H and O–H groups in total. The Kier molecular flexibility index (Phi) is 3.54. The van der Waals surface area contributed by atoms with E-state index in [4.69, 9.17) is 0 Å². The Morgan fingerprint density at radius 1 is 1.35 bits per heavy atom. The standard InChI is InChI=1S/C13H16FN3/c1-9(15-2)7-11-8-16-17-13(11)10-3-5-12(14)6-4-10/h3-6,8-9,15H,7H2,1-2H3,(H,16,17). The highest BCUT2D eigenvalue weighted by molar-refractivity contribution is 5.62. The van der Waals surface area contributed by atoms with E-state index in [-0.39, 0.29) is 5.82 Å². The van der Waals surface area contributed by atoms with Gasteiger partial charge in [0.05, 0.1) is 11.9 Å². The molecule has 1 aromatic carbocycles. The Balaban J connectivity index is 2.27. The van der Waals surface area contributed by atoms with Crippen LogP contribution in [0.3, 0.4) is 0 Å². The number of hydrogen-bond acceptors (Lipinski definition) is 2. The third kappa shape index (κ3) is 2.71. The van der Waals surface area contributed by atoms with Crippen LogP contribution in [0, 0.1) is 5.82 Å². The first-order valence-corrected chi connectivity index (χ1v) is 5.66. The van der Waals surface area contributed by atoms with Crippen molar-refractivity contribution >= 4 is 0 Å². The van der Waals surface area contributed by atoms with Crippen LogP contribution in [0.2, 0.25) is 0 Å². The molecule has 0 aliphatic rings. The first-order valence-electron chi connectivity index (χ1n) is 5.66. The summed E-state index contributed by atoms with van der Waals surface area (Å²) >= 11 is 0. The van der Waals surface area contributed by atoms with Crippen molar-refractivity contribution in [3.63, 3.8) is 0 Å². The third-order valence-electron chi connectivity index (χ3n) is 2.87. The van der Waals surface area contributed by atoms with Gasteiger partial charge >= 0.3 is 0 Å². The van der Waals surface area contributed by atoms with E-state index in [1.807, 2.05) is 13.2 Å². The van der Waals surface area contributed by atoms with Crippen molar-refractivity contribution < 1.29 is 4.39 Å². The Hall–Kier alpha value is -1.68. The molecule has 1 aromatic heterocycles. The van der Waals surface area contributed by atoms with Gasteiger partial charge in [0, 0.05) is 11.6 Å². The monoisotopic (exact) mass is 233 g/mol. The number of halogens is 1. The molecule has 0 fully saturated rings. The van der Waals surface area contributed by atoms with E-state index < -0.39 is 0 Å². The first kappa shape index (κ1) is 11.8. The number of nitrogens with zero attached hydrogens (tertiary/aromatic N) is 1. The molecule has 0 aliphatic carbocycles. The van der Waals surface area contributed by atoms with Crippen molar-refractivity contribution in [1.82, 2.24) is 15.5 Å². The lowest BCUT2D eigenvalue weighted by Gasteiger charge is -2.10. The number of aromatic nitrogens is 2. The Morgan fingerprint density at radius 3 is 2.71 bits per heavy atom. The zero-order valence-electron chi connectivity index (χ0n) is 10.00. The molecule has 2 aromatic rings. The van der Waals surface area contributed by atoms with Gasteiger partial charge in [-0.25, -0.2) is 4.39 Å². The SMILES string of the molecule is CNC(C)Cc1cn[nH]c1-c1ccc(F)cc1. The predicted molar refractivity (Wildman–Crippen MR) is 66.2 cm³/mol. The molecule has 3 nitrogen and oxygen atoms in total. The van der Waals surface area contributed by atoms with Crippen LogP contribution < -0.4 is 5.32 Å². The van der Waals surface area contributed by atoms with Crippen LogP contribution in [0.15, 0.2) is 30.5 Å². The van der Waals surface area contributed by atoms with Crippen molar-refractivity contribution in [3.05, 3.63) is 41.8 Å². The van der Waals surface area contributed by atoms with Gasteiger partial charge in [-0.05, 0) is 50.2 Å². The van der Waals surface area contributed by atoms with E-state index in [1.165, 1.54) is 12.1 Å². The molecule has 2 rings (SSSR count). The van der Waals surface area contributed by atoms with Gasteiger partial charge in [0.15, 0.2) is 0 Å². The molecule has 1 atom stereocenters. The Morgan fingerprint density at radius 2 is 2.06 bits per heavy atom. The van der Waals surface area contributed by atoms with E-state index in [2.05, 4.69) is 22.4 Å². The molecule has 0 amide bonds. The Bertz CT molecular complexity index is 476. The van der Waals surface area contributed by atoms with E-state index in [9.17, 15) is 4.39 Å². The second-order valence-corrected chi connectivity index (χ2v) is 4.17. The first-order chi connectivity index (χ1) is 8.20. The lowest BCUT2D eigenvalue weighted by Crippen LogP contribution is -2.23. The van der Waals surface area contributed by atoms with Gasteiger partial charge in [0.1, 0.15) is 5.82 Å². The number of H-pyrrole nitrogens is 1. The van der Waals surface area contributed by atoms with Gasteiger partial charge in [-0.3, -0.25) is 5.10 Å². The molecule has 0 saturated heterocycles. The van der Waals surface area contributed by atoms with Crippen molar-refractivity contribution in [2.24, 2.45) is 0 Å². The molecular weight excluding hydrogens is 217 g/mol. The lowest BCUT2D eigenvalue weighted by molar-refractivity contribution is 0.609. The van der Waals surface area contributed by atoms with Crippen LogP contribution >= 0.6 is 0 Å². The van der Waals surface area contributed by atoms with E-state index in [1.54, 1.807) is 12.1 Å². The maximum Gasteiger partial charge on any atom is 0.123 e. The fourth-order valence-electron chi connectivity index (χ4n) is 1.76. The fraction of sp³-hybridized carbons (Fsp3) is 0.308. The average Bonchev–Trinajstić information content (AvgIpc) is 2.78. The number of likely N-dealkylation sites (N-methyl/N-ethyl adjacent to an activating group) is 1.